The third-order valence-corrected chi connectivity index (χ3v) is 4.39. The molecule has 0 aliphatic heterocycles. The maximum absolute atomic E-state index is 6.30. The summed E-state index contributed by atoms with van der Waals surface area (Å²) in [6, 6.07) is 0. The summed E-state index contributed by atoms with van der Waals surface area (Å²) in [6.07, 6.45) is 8.00. The van der Waals surface area contributed by atoms with Gasteiger partial charge in [-0.05, 0) is 19.3 Å². The Morgan fingerprint density at radius 2 is 2.00 bits per heavy atom. The molecule has 2 aromatic heterocycles. The summed E-state index contributed by atoms with van der Waals surface area (Å²) in [5.74, 6) is 2.47. The molecule has 2 aromatic rings. The third-order valence-electron chi connectivity index (χ3n) is 4.39. The second kappa shape index (κ2) is 4.96. The van der Waals surface area contributed by atoms with E-state index in [0.717, 1.165) is 35.0 Å². The lowest BCUT2D eigenvalue weighted by Crippen LogP contribution is -2.05. The number of aromatic nitrogens is 4. The van der Waals surface area contributed by atoms with Gasteiger partial charge in [-0.1, -0.05) is 19.8 Å². The number of hydrogen-bond acceptors (Lipinski definition) is 3. The second-order valence-corrected chi connectivity index (χ2v) is 5.76. The molecular weight excluding hydrogens is 250 g/mol. The van der Waals surface area contributed by atoms with Crippen LogP contribution in [0.25, 0.3) is 11.3 Å². The Balaban J connectivity index is 2.07. The Hall–Kier alpha value is -1.78. The normalized spacial score (nSPS) is 16.1. The highest BCUT2D eigenvalue weighted by Gasteiger charge is 2.25. The van der Waals surface area contributed by atoms with Crippen LogP contribution in [0.4, 0.5) is 5.82 Å². The smallest absolute Gasteiger partial charge is 0.131 e. The zero-order chi connectivity index (χ0) is 14.3. The second-order valence-electron chi connectivity index (χ2n) is 5.76. The van der Waals surface area contributed by atoms with Crippen molar-refractivity contribution >= 4 is 5.82 Å². The number of nitrogen functional groups attached to an aromatic ring is 1. The highest BCUT2D eigenvalue weighted by Crippen LogP contribution is 2.37. The van der Waals surface area contributed by atoms with E-state index < -0.39 is 0 Å². The molecule has 5 nitrogen and oxygen atoms in total. The third kappa shape index (κ3) is 2.01. The van der Waals surface area contributed by atoms with Crippen molar-refractivity contribution in [2.75, 3.05) is 5.73 Å². The SMILES string of the molecule is CCc1nn(C)cc1-c1nc(C2CCCC2)n(C)c1N. The number of imidazole rings is 1. The summed E-state index contributed by atoms with van der Waals surface area (Å²) >= 11 is 0. The van der Waals surface area contributed by atoms with Crippen molar-refractivity contribution in [1.82, 2.24) is 19.3 Å². The summed E-state index contributed by atoms with van der Waals surface area (Å²) in [5, 5.41) is 4.49. The molecule has 0 radical (unpaired) electrons. The molecule has 1 saturated carbocycles. The maximum Gasteiger partial charge on any atom is 0.131 e. The Morgan fingerprint density at radius 1 is 1.30 bits per heavy atom. The lowest BCUT2D eigenvalue weighted by Gasteiger charge is -2.08. The van der Waals surface area contributed by atoms with Gasteiger partial charge in [0.05, 0.1) is 5.69 Å². The van der Waals surface area contributed by atoms with Gasteiger partial charge in [0.15, 0.2) is 0 Å². The Labute approximate surface area is 119 Å². The number of anilines is 1. The summed E-state index contributed by atoms with van der Waals surface area (Å²) in [4.78, 5) is 4.87. The zero-order valence-electron chi connectivity index (χ0n) is 12.6. The predicted octanol–water partition coefficient (Wildman–Crippen LogP) is 2.62. The van der Waals surface area contributed by atoms with Gasteiger partial charge in [0, 0.05) is 31.8 Å². The summed E-state index contributed by atoms with van der Waals surface area (Å²) in [6.45, 7) is 2.11. The Bertz CT molecular complexity index is 616. The minimum atomic E-state index is 0.567. The fraction of sp³-hybridized carbons (Fsp3) is 0.600. The molecule has 0 aromatic carbocycles. The topological polar surface area (TPSA) is 61.7 Å². The van der Waals surface area contributed by atoms with E-state index >= 15 is 0 Å². The number of nitrogens with zero attached hydrogens (tertiary/aromatic N) is 4. The van der Waals surface area contributed by atoms with Gasteiger partial charge in [-0.2, -0.15) is 5.10 Å². The van der Waals surface area contributed by atoms with E-state index in [1.807, 2.05) is 25.0 Å². The van der Waals surface area contributed by atoms with E-state index in [2.05, 4.69) is 16.6 Å². The van der Waals surface area contributed by atoms with Gasteiger partial charge in [0.25, 0.3) is 0 Å². The number of hydrogen-bond donors (Lipinski definition) is 1. The molecule has 0 bridgehead atoms. The van der Waals surface area contributed by atoms with Crippen molar-refractivity contribution in [2.45, 2.75) is 44.9 Å². The first-order chi connectivity index (χ1) is 9.61. The van der Waals surface area contributed by atoms with Crippen LogP contribution in [-0.4, -0.2) is 19.3 Å². The van der Waals surface area contributed by atoms with Gasteiger partial charge < -0.3 is 10.3 Å². The van der Waals surface area contributed by atoms with E-state index in [1.54, 1.807) is 0 Å². The van der Waals surface area contributed by atoms with Gasteiger partial charge in [-0.15, -0.1) is 0 Å². The molecule has 3 rings (SSSR count). The molecule has 0 amide bonds. The lowest BCUT2D eigenvalue weighted by atomic mass is 10.1. The first kappa shape index (κ1) is 13.2. The molecule has 1 aliphatic carbocycles. The minimum Gasteiger partial charge on any atom is -0.383 e. The largest absolute Gasteiger partial charge is 0.383 e. The van der Waals surface area contributed by atoms with E-state index in [1.165, 1.54) is 25.7 Å². The summed E-state index contributed by atoms with van der Waals surface area (Å²) in [5.41, 5.74) is 9.34. The molecule has 0 saturated heterocycles. The predicted molar refractivity (Wildman–Crippen MR) is 80.4 cm³/mol. The number of rotatable bonds is 3. The van der Waals surface area contributed by atoms with Gasteiger partial charge in [0.1, 0.15) is 17.3 Å². The van der Waals surface area contributed by atoms with Crippen molar-refractivity contribution in [2.24, 2.45) is 14.1 Å². The van der Waals surface area contributed by atoms with Crippen LogP contribution < -0.4 is 5.73 Å². The molecule has 5 heteroatoms. The first-order valence-electron chi connectivity index (χ1n) is 7.46. The van der Waals surface area contributed by atoms with Crippen LogP contribution in [0.3, 0.4) is 0 Å². The Morgan fingerprint density at radius 3 is 2.65 bits per heavy atom. The molecular formula is C15H23N5. The molecule has 2 N–H and O–H groups in total. The monoisotopic (exact) mass is 273 g/mol. The van der Waals surface area contributed by atoms with E-state index in [0.29, 0.717) is 5.92 Å². The van der Waals surface area contributed by atoms with Crippen molar-refractivity contribution in [3.63, 3.8) is 0 Å². The van der Waals surface area contributed by atoms with Crippen LogP contribution in [0.15, 0.2) is 6.20 Å². The lowest BCUT2D eigenvalue weighted by molar-refractivity contribution is 0.635. The molecule has 1 fully saturated rings. The van der Waals surface area contributed by atoms with Gasteiger partial charge in [0.2, 0.25) is 0 Å². The minimum absolute atomic E-state index is 0.567. The van der Waals surface area contributed by atoms with Gasteiger partial charge in [-0.25, -0.2) is 4.98 Å². The fourth-order valence-corrected chi connectivity index (χ4v) is 3.27. The van der Waals surface area contributed by atoms with Crippen molar-refractivity contribution in [3.8, 4) is 11.3 Å². The quantitative estimate of drug-likeness (QED) is 0.935. The highest BCUT2D eigenvalue weighted by molar-refractivity contribution is 5.72. The van der Waals surface area contributed by atoms with Crippen LogP contribution in [0.5, 0.6) is 0 Å². The van der Waals surface area contributed by atoms with Gasteiger partial charge >= 0.3 is 0 Å². The van der Waals surface area contributed by atoms with Crippen molar-refractivity contribution in [3.05, 3.63) is 17.7 Å². The van der Waals surface area contributed by atoms with Crippen LogP contribution >= 0.6 is 0 Å². The molecule has 0 spiro atoms. The molecule has 1 aliphatic rings. The van der Waals surface area contributed by atoms with E-state index in [4.69, 9.17) is 10.7 Å². The molecule has 20 heavy (non-hydrogen) atoms. The molecule has 2 heterocycles. The fourth-order valence-electron chi connectivity index (χ4n) is 3.27. The maximum atomic E-state index is 6.30. The summed E-state index contributed by atoms with van der Waals surface area (Å²) in [7, 11) is 3.97. The van der Waals surface area contributed by atoms with Crippen LogP contribution in [0.2, 0.25) is 0 Å². The van der Waals surface area contributed by atoms with Crippen molar-refractivity contribution in [1.29, 1.82) is 0 Å². The Kier molecular flexibility index (Phi) is 3.28. The van der Waals surface area contributed by atoms with Crippen molar-refractivity contribution < 1.29 is 0 Å². The summed E-state index contributed by atoms with van der Waals surface area (Å²) < 4.78 is 3.91. The number of aryl methyl sites for hydroxylation is 2. The standard InChI is InChI=1S/C15H23N5/c1-4-12-11(9-19(2)18-12)13-14(16)20(3)15(17-13)10-7-5-6-8-10/h9-10H,4-8,16H2,1-3H3. The molecule has 108 valence electrons. The zero-order valence-corrected chi connectivity index (χ0v) is 12.6. The number of nitrogens with two attached hydrogens (primary N) is 1. The van der Waals surface area contributed by atoms with Crippen LogP contribution in [0, 0.1) is 0 Å². The van der Waals surface area contributed by atoms with E-state index in [9.17, 15) is 0 Å². The van der Waals surface area contributed by atoms with Crippen LogP contribution in [0.1, 0.15) is 50.0 Å². The average molecular weight is 273 g/mol. The molecule has 0 unspecified atom stereocenters. The van der Waals surface area contributed by atoms with Gasteiger partial charge in [-0.3, -0.25) is 4.68 Å². The molecule has 0 atom stereocenters. The van der Waals surface area contributed by atoms with Crippen LogP contribution in [-0.2, 0) is 20.5 Å². The van der Waals surface area contributed by atoms with E-state index in [-0.39, 0.29) is 0 Å². The first-order valence-corrected chi connectivity index (χ1v) is 7.46. The average Bonchev–Trinajstić information content (AvgIpc) is 3.12. The highest BCUT2D eigenvalue weighted by atomic mass is 15.3.